The molecule has 3 nitrogen and oxygen atoms in total. The number of halogens is 2. The molecule has 2 N–H and O–H groups in total. The second kappa shape index (κ2) is 5.43. The van der Waals surface area contributed by atoms with Gasteiger partial charge in [-0.15, -0.1) is 0 Å². The molecule has 5 heteroatoms. The summed E-state index contributed by atoms with van der Waals surface area (Å²) in [5.74, 6) is 0. The number of hydrogen-bond acceptors (Lipinski definition) is 2. The highest BCUT2D eigenvalue weighted by Gasteiger charge is 2.19. The summed E-state index contributed by atoms with van der Waals surface area (Å²) in [6.45, 7) is 4.16. The molecular formula is C13H15BrClN3. The van der Waals surface area contributed by atoms with Crippen LogP contribution in [0, 0.1) is 0 Å². The van der Waals surface area contributed by atoms with Gasteiger partial charge in [-0.1, -0.05) is 23.7 Å². The molecule has 0 bridgehead atoms. The third-order valence-corrected chi connectivity index (χ3v) is 3.66. The van der Waals surface area contributed by atoms with Crippen molar-refractivity contribution >= 4 is 27.5 Å². The molecule has 0 aliphatic rings. The molecule has 0 fully saturated rings. The minimum atomic E-state index is -0.221. The van der Waals surface area contributed by atoms with Crippen molar-refractivity contribution in [1.29, 1.82) is 0 Å². The van der Waals surface area contributed by atoms with Gasteiger partial charge < -0.3 is 5.73 Å². The SMILES string of the molecule is CC(C)n1ncc(Br)c1C(N)c1ccc(Cl)cc1. The summed E-state index contributed by atoms with van der Waals surface area (Å²) >= 11 is 9.40. The van der Waals surface area contributed by atoms with Gasteiger partial charge in [-0.25, -0.2) is 0 Å². The first kappa shape index (κ1) is 13.6. The van der Waals surface area contributed by atoms with Crippen LogP contribution in [0.2, 0.25) is 5.02 Å². The van der Waals surface area contributed by atoms with Crippen LogP contribution in [0.3, 0.4) is 0 Å². The predicted molar refractivity (Wildman–Crippen MR) is 77.8 cm³/mol. The lowest BCUT2D eigenvalue weighted by Gasteiger charge is -2.17. The van der Waals surface area contributed by atoms with Crippen LogP contribution in [-0.2, 0) is 0 Å². The molecule has 2 rings (SSSR count). The number of hydrogen-bond donors (Lipinski definition) is 1. The summed E-state index contributed by atoms with van der Waals surface area (Å²) in [4.78, 5) is 0. The van der Waals surface area contributed by atoms with Crippen LogP contribution in [0.5, 0.6) is 0 Å². The molecule has 0 amide bonds. The van der Waals surface area contributed by atoms with Gasteiger partial charge in [0, 0.05) is 11.1 Å². The lowest BCUT2D eigenvalue weighted by Crippen LogP contribution is -2.19. The molecule has 1 atom stereocenters. The summed E-state index contributed by atoms with van der Waals surface area (Å²) in [5, 5.41) is 5.05. The molecule has 0 spiro atoms. The third-order valence-electron chi connectivity index (χ3n) is 2.80. The van der Waals surface area contributed by atoms with Gasteiger partial charge in [0.25, 0.3) is 0 Å². The van der Waals surface area contributed by atoms with Crippen molar-refractivity contribution in [1.82, 2.24) is 9.78 Å². The van der Waals surface area contributed by atoms with Crippen LogP contribution in [0.1, 0.15) is 37.2 Å². The Labute approximate surface area is 120 Å². The molecule has 2 aromatic rings. The van der Waals surface area contributed by atoms with E-state index in [2.05, 4.69) is 34.9 Å². The van der Waals surface area contributed by atoms with E-state index in [0.717, 1.165) is 15.7 Å². The van der Waals surface area contributed by atoms with E-state index in [-0.39, 0.29) is 12.1 Å². The van der Waals surface area contributed by atoms with E-state index in [1.807, 2.05) is 28.9 Å². The molecule has 1 unspecified atom stereocenters. The maximum absolute atomic E-state index is 6.32. The number of benzene rings is 1. The minimum absolute atomic E-state index is 0.221. The molecule has 0 saturated carbocycles. The highest BCUT2D eigenvalue weighted by molar-refractivity contribution is 9.10. The standard InChI is InChI=1S/C13H15BrClN3/c1-8(2)18-13(11(14)7-17-18)12(16)9-3-5-10(15)6-4-9/h3-8,12H,16H2,1-2H3. The highest BCUT2D eigenvalue weighted by Crippen LogP contribution is 2.29. The van der Waals surface area contributed by atoms with Gasteiger partial charge in [-0.3, -0.25) is 4.68 Å². The number of nitrogens with zero attached hydrogens (tertiary/aromatic N) is 2. The van der Waals surface area contributed by atoms with E-state index in [0.29, 0.717) is 5.02 Å². The zero-order valence-corrected chi connectivity index (χ0v) is 12.6. The first-order valence-corrected chi connectivity index (χ1v) is 6.91. The van der Waals surface area contributed by atoms with Gasteiger partial charge >= 0.3 is 0 Å². The fourth-order valence-electron chi connectivity index (χ4n) is 1.88. The Morgan fingerprint density at radius 3 is 2.44 bits per heavy atom. The Hall–Kier alpha value is -0.840. The van der Waals surface area contributed by atoms with Crippen molar-refractivity contribution in [3.8, 4) is 0 Å². The van der Waals surface area contributed by atoms with Crippen molar-refractivity contribution in [3.05, 3.63) is 51.2 Å². The van der Waals surface area contributed by atoms with Crippen LogP contribution in [0.15, 0.2) is 34.9 Å². The number of nitrogens with two attached hydrogens (primary N) is 1. The molecule has 1 aromatic heterocycles. The second-order valence-corrected chi connectivity index (χ2v) is 5.74. The molecule has 1 heterocycles. The first-order valence-electron chi connectivity index (χ1n) is 5.74. The van der Waals surface area contributed by atoms with Crippen molar-refractivity contribution in [3.63, 3.8) is 0 Å². The van der Waals surface area contributed by atoms with Crippen molar-refractivity contribution in [2.24, 2.45) is 5.73 Å². The Morgan fingerprint density at radius 2 is 1.89 bits per heavy atom. The lowest BCUT2D eigenvalue weighted by molar-refractivity contribution is 0.498. The molecule has 1 aromatic carbocycles. The van der Waals surface area contributed by atoms with Gasteiger partial charge in [0.05, 0.1) is 22.4 Å². The van der Waals surface area contributed by atoms with Crippen LogP contribution in [-0.4, -0.2) is 9.78 Å². The predicted octanol–water partition coefficient (Wildman–Crippen LogP) is 3.93. The van der Waals surface area contributed by atoms with E-state index in [1.165, 1.54) is 0 Å². The van der Waals surface area contributed by atoms with Crippen LogP contribution >= 0.6 is 27.5 Å². The summed E-state index contributed by atoms with van der Waals surface area (Å²) in [6, 6.07) is 7.63. The molecular weight excluding hydrogens is 314 g/mol. The van der Waals surface area contributed by atoms with E-state index in [9.17, 15) is 0 Å². The zero-order valence-electron chi connectivity index (χ0n) is 10.3. The van der Waals surface area contributed by atoms with Crippen LogP contribution in [0.25, 0.3) is 0 Å². The Balaban J connectivity index is 2.42. The second-order valence-electron chi connectivity index (χ2n) is 4.45. The van der Waals surface area contributed by atoms with E-state index in [4.69, 9.17) is 17.3 Å². The van der Waals surface area contributed by atoms with Crippen molar-refractivity contribution < 1.29 is 0 Å². The fourth-order valence-corrected chi connectivity index (χ4v) is 2.53. The van der Waals surface area contributed by atoms with E-state index >= 15 is 0 Å². The average molecular weight is 329 g/mol. The van der Waals surface area contributed by atoms with Gasteiger partial charge in [0.2, 0.25) is 0 Å². The largest absolute Gasteiger partial charge is 0.319 e. The number of aromatic nitrogens is 2. The van der Waals surface area contributed by atoms with Gasteiger partial charge in [-0.05, 0) is 47.5 Å². The monoisotopic (exact) mass is 327 g/mol. The van der Waals surface area contributed by atoms with E-state index < -0.39 is 0 Å². The molecule has 18 heavy (non-hydrogen) atoms. The summed E-state index contributed by atoms with van der Waals surface area (Å²) in [5.41, 5.74) is 8.31. The zero-order chi connectivity index (χ0) is 13.3. The lowest BCUT2D eigenvalue weighted by atomic mass is 10.0. The average Bonchev–Trinajstić information content (AvgIpc) is 2.71. The van der Waals surface area contributed by atoms with Gasteiger partial charge in [-0.2, -0.15) is 5.10 Å². The quantitative estimate of drug-likeness (QED) is 0.928. The molecule has 96 valence electrons. The normalized spacial score (nSPS) is 13.0. The third kappa shape index (κ3) is 2.60. The highest BCUT2D eigenvalue weighted by atomic mass is 79.9. The minimum Gasteiger partial charge on any atom is -0.319 e. The Bertz CT molecular complexity index is 534. The van der Waals surface area contributed by atoms with Gasteiger partial charge in [0.15, 0.2) is 0 Å². The smallest absolute Gasteiger partial charge is 0.0741 e. The van der Waals surface area contributed by atoms with Crippen LogP contribution in [0.4, 0.5) is 0 Å². The summed E-state index contributed by atoms with van der Waals surface area (Å²) < 4.78 is 2.86. The molecule has 0 aliphatic heterocycles. The van der Waals surface area contributed by atoms with Crippen molar-refractivity contribution in [2.75, 3.05) is 0 Å². The summed E-state index contributed by atoms with van der Waals surface area (Å²) in [6.07, 6.45) is 1.78. The van der Waals surface area contributed by atoms with Gasteiger partial charge in [0.1, 0.15) is 0 Å². The fraction of sp³-hybridized carbons (Fsp3) is 0.308. The molecule has 0 aliphatic carbocycles. The molecule has 0 radical (unpaired) electrons. The topological polar surface area (TPSA) is 43.8 Å². The Kier molecular flexibility index (Phi) is 4.10. The maximum Gasteiger partial charge on any atom is 0.0741 e. The molecule has 0 saturated heterocycles. The maximum atomic E-state index is 6.32. The number of rotatable bonds is 3. The Morgan fingerprint density at radius 1 is 1.28 bits per heavy atom. The van der Waals surface area contributed by atoms with Crippen LogP contribution < -0.4 is 5.73 Å². The van der Waals surface area contributed by atoms with E-state index in [1.54, 1.807) is 6.20 Å². The first-order chi connectivity index (χ1) is 8.50. The summed E-state index contributed by atoms with van der Waals surface area (Å²) in [7, 11) is 0. The van der Waals surface area contributed by atoms with Crippen molar-refractivity contribution in [2.45, 2.75) is 25.9 Å².